The fourth-order valence-corrected chi connectivity index (χ4v) is 0.450. The molecule has 0 atom stereocenters. The maximum Gasteiger partial charge on any atom is 0.148 e. The summed E-state index contributed by atoms with van der Waals surface area (Å²) >= 11 is 0. The van der Waals surface area contributed by atoms with Crippen LogP contribution in [0.3, 0.4) is 0 Å². The van der Waals surface area contributed by atoms with Crippen molar-refractivity contribution in [2.45, 2.75) is 20.3 Å². The van der Waals surface area contributed by atoms with Crippen LogP contribution in [0, 0.1) is 0 Å². The van der Waals surface area contributed by atoms with E-state index in [1.54, 1.807) is 0 Å². The van der Waals surface area contributed by atoms with Crippen LogP contribution in [-0.2, 0) is 4.79 Å². The summed E-state index contributed by atoms with van der Waals surface area (Å²) in [6, 6.07) is 0. The zero-order chi connectivity index (χ0) is 7.28. The van der Waals surface area contributed by atoms with E-state index in [4.69, 9.17) is 5.84 Å². The number of carbonyl (C=O) groups is 1. The Morgan fingerprint density at radius 3 is 2.44 bits per heavy atom. The summed E-state index contributed by atoms with van der Waals surface area (Å²) < 4.78 is 0. The summed E-state index contributed by atoms with van der Waals surface area (Å²) in [4.78, 5) is 10.7. The van der Waals surface area contributed by atoms with E-state index in [0.717, 1.165) is 6.54 Å². The highest BCUT2D eigenvalue weighted by molar-refractivity contribution is 5.79. The molecule has 3 heteroatoms. The first-order chi connectivity index (χ1) is 4.20. The molecule has 2 N–H and O–H groups in total. The Bertz CT molecular complexity index is 93.1. The van der Waals surface area contributed by atoms with Crippen LogP contribution >= 0.6 is 0 Å². The number of nitrogens with two attached hydrogens (primary N) is 1. The molecule has 0 amide bonds. The van der Waals surface area contributed by atoms with Crippen LogP contribution in [0.4, 0.5) is 0 Å². The largest absolute Gasteiger partial charge is 0.298 e. The smallest absolute Gasteiger partial charge is 0.148 e. The van der Waals surface area contributed by atoms with Gasteiger partial charge in [-0.05, 0) is 0 Å². The summed E-state index contributed by atoms with van der Waals surface area (Å²) in [7, 11) is 0. The van der Waals surface area contributed by atoms with E-state index in [1.807, 2.05) is 13.8 Å². The van der Waals surface area contributed by atoms with E-state index in [9.17, 15) is 4.79 Å². The van der Waals surface area contributed by atoms with Crippen molar-refractivity contribution in [3.8, 4) is 0 Å². The Labute approximate surface area is 55.8 Å². The predicted octanol–water partition coefficient (Wildman–Crippen LogP) is 0.161. The number of carbonyl (C=O) groups excluding carboxylic acids is 1. The molecule has 0 radical (unpaired) electrons. The normalized spacial score (nSPS) is 10.2. The van der Waals surface area contributed by atoms with Gasteiger partial charge in [0.05, 0.1) is 6.54 Å². The average molecular weight is 130 g/mol. The maximum absolute atomic E-state index is 10.7. The molecule has 0 unspecified atom stereocenters. The van der Waals surface area contributed by atoms with E-state index in [0.29, 0.717) is 13.0 Å². The molecule has 0 aliphatic carbocycles. The van der Waals surface area contributed by atoms with Gasteiger partial charge in [-0.1, -0.05) is 13.8 Å². The van der Waals surface area contributed by atoms with Gasteiger partial charge >= 0.3 is 0 Å². The lowest BCUT2D eigenvalue weighted by atomic mass is 10.3. The van der Waals surface area contributed by atoms with Gasteiger partial charge in [-0.15, -0.1) is 0 Å². The summed E-state index contributed by atoms with van der Waals surface area (Å²) in [5, 5.41) is 1.51. The first-order valence-corrected chi connectivity index (χ1v) is 3.22. The second kappa shape index (κ2) is 4.47. The third-order valence-corrected chi connectivity index (χ3v) is 1.18. The Morgan fingerprint density at radius 1 is 1.56 bits per heavy atom. The standard InChI is InChI=1S/C6H14N2O/c1-3-6(9)5-8(7)4-2/h3-5,7H2,1-2H3. The van der Waals surface area contributed by atoms with Crippen molar-refractivity contribution in [2.75, 3.05) is 13.1 Å². The molecule has 0 aliphatic heterocycles. The summed E-state index contributed by atoms with van der Waals surface area (Å²) in [5.74, 6) is 5.56. The van der Waals surface area contributed by atoms with Crippen molar-refractivity contribution in [1.29, 1.82) is 0 Å². The minimum Gasteiger partial charge on any atom is -0.298 e. The third-order valence-electron chi connectivity index (χ3n) is 1.18. The maximum atomic E-state index is 10.7. The van der Waals surface area contributed by atoms with Gasteiger partial charge in [0, 0.05) is 13.0 Å². The Morgan fingerprint density at radius 2 is 2.11 bits per heavy atom. The summed E-state index contributed by atoms with van der Waals surface area (Å²) in [6.45, 7) is 4.87. The fourth-order valence-electron chi connectivity index (χ4n) is 0.450. The van der Waals surface area contributed by atoms with Crippen LogP contribution in [-0.4, -0.2) is 23.9 Å². The van der Waals surface area contributed by atoms with Crippen molar-refractivity contribution in [1.82, 2.24) is 5.01 Å². The lowest BCUT2D eigenvalue weighted by molar-refractivity contribution is -0.119. The van der Waals surface area contributed by atoms with Crippen molar-refractivity contribution < 1.29 is 4.79 Å². The monoisotopic (exact) mass is 130 g/mol. The molecule has 0 heterocycles. The Hall–Kier alpha value is -0.410. The van der Waals surface area contributed by atoms with Crippen LogP contribution < -0.4 is 5.84 Å². The number of Topliss-reactive ketones (excluding diaryl/α,β-unsaturated/α-hetero) is 1. The van der Waals surface area contributed by atoms with Gasteiger partial charge in [-0.3, -0.25) is 10.6 Å². The molecule has 54 valence electrons. The number of nitrogens with zero attached hydrogens (tertiary/aromatic N) is 1. The van der Waals surface area contributed by atoms with E-state index < -0.39 is 0 Å². The first-order valence-electron chi connectivity index (χ1n) is 3.22. The van der Waals surface area contributed by atoms with Gasteiger partial charge in [0.15, 0.2) is 0 Å². The number of likely N-dealkylation sites (N-methyl/N-ethyl adjacent to an activating group) is 1. The van der Waals surface area contributed by atoms with Crippen LogP contribution in [0.2, 0.25) is 0 Å². The summed E-state index contributed by atoms with van der Waals surface area (Å²) in [5.41, 5.74) is 0. The highest BCUT2D eigenvalue weighted by Gasteiger charge is 2.00. The molecule has 0 bridgehead atoms. The zero-order valence-electron chi connectivity index (χ0n) is 6.05. The molecule has 0 rings (SSSR count). The minimum absolute atomic E-state index is 0.194. The second-order valence-electron chi connectivity index (χ2n) is 1.96. The number of hydrogen-bond acceptors (Lipinski definition) is 3. The Kier molecular flexibility index (Phi) is 4.26. The predicted molar refractivity (Wildman–Crippen MR) is 36.7 cm³/mol. The van der Waals surface area contributed by atoms with Gasteiger partial charge in [0.25, 0.3) is 0 Å². The van der Waals surface area contributed by atoms with E-state index in [2.05, 4.69) is 0 Å². The van der Waals surface area contributed by atoms with Crippen molar-refractivity contribution in [3.05, 3.63) is 0 Å². The van der Waals surface area contributed by atoms with Crippen LogP contribution in [0.15, 0.2) is 0 Å². The number of ketones is 1. The highest BCUT2D eigenvalue weighted by atomic mass is 16.1. The van der Waals surface area contributed by atoms with Crippen LogP contribution in [0.25, 0.3) is 0 Å². The molecule has 0 aromatic rings. The number of hydrazine groups is 1. The molecule has 0 aromatic heterocycles. The molecule has 0 spiro atoms. The van der Waals surface area contributed by atoms with Crippen LogP contribution in [0.5, 0.6) is 0 Å². The van der Waals surface area contributed by atoms with E-state index in [-0.39, 0.29) is 5.78 Å². The lowest BCUT2D eigenvalue weighted by Gasteiger charge is -2.10. The molecule has 0 aromatic carbocycles. The molecular formula is C6H14N2O. The summed E-state index contributed by atoms with van der Waals surface area (Å²) in [6.07, 6.45) is 0.577. The SMILES string of the molecule is CCC(=O)CN(N)CC. The first kappa shape index (κ1) is 8.59. The highest BCUT2D eigenvalue weighted by Crippen LogP contribution is 1.82. The average Bonchev–Trinajstić information content (AvgIpc) is 1.87. The van der Waals surface area contributed by atoms with Crippen molar-refractivity contribution in [3.63, 3.8) is 0 Å². The second-order valence-corrected chi connectivity index (χ2v) is 1.96. The van der Waals surface area contributed by atoms with Crippen molar-refractivity contribution in [2.24, 2.45) is 5.84 Å². The van der Waals surface area contributed by atoms with Gasteiger partial charge in [-0.2, -0.15) is 0 Å². The number of hydrogen-bond donors (Lipinski definition) is 1. The van der Waals surface area contributed by atoms with Gasteiger partial charge in [0.2, 0.25) is 0 Å². The fraction of sp³-hybridized carbons (Fsp3) is 0.833. The Balaban J connectivity index is 3.34. The van der Waals surface area contributed by atoms with Gasteiger partial charge < -0.3 is 0 Å². The molecule has 0 saturated carbocycles. The molecule has 0 saturated heterocycles. The molecule has 0 fully saturated rings. The minimum atomic E-state index is 0.194. The van der Waals surface area contributed by atoms with E-state index in [1.165, 1.54) is 5.01 Å². The molecule has 3 nitrogen and oxygen atoms in total. The van der Waals surface area contributed by atoms with Crippen LogP contribution in [0.1, 0.15) is 20.3 Å². The molecule has 0 aliphatic rings. The van der Waals surface area contributed by atoms with E-state index >= 15 is 0 Å². The van der Waals surface area contributed by atoms with Gasteiger partial charge in [-0.25, -0.2) is 5.01 Å². The third kappa shape index (κ3) is 4.12. The zero-order valence-corrected chi connectivity index (χ0v) is 6.05. The quantitative estimate of drug-likeness (QED) is 0.435. The number of rotatable bonds is 4. The topological polar surface area (TPSA) is 46.3 Å². The van der Waals surface area contributed by atoms with Crippen molar-refractivity contribution >= 4 is 5.78 Å². The van der Waals surface area contributed by atoms with Gasteiger partial charge in [0.1, 0.15) is 5.78 Å². The molecular weight excluding hydrogens is 116 g/mol. The lowest BCUT2D eigenvalue weighted by Crippen LogP contribution is -2.35. The molecule has 9 heavy (non-hydrogen) atoms.